The van der Waals surface area contributed by atoms with Crippen LogP contribution in [-0.2, 0) is 0 Å². The highest BCUT2D eigenvalue weighted by Crippen LogP contribution is 2.38. The fraction of sp³-hybridized carbons (Fsp3) is 0.231. The van der Waals surface area contributed by atoms with Gasteiger partial charge in [-0.05, 0) is 12.1 Å². The van der Waals surface area contributed by atoms with Gasteiger partial charge in [0.1, 0.15) is 5.82 Å². The van der Waals surface area contributed by atoms with Gasteiger partial charge in [0, 0.05) is 11.6 Å². The van der Waals surface area contributed by atoms with Crippen LogP contribution in [-0.4, -0.2) is 37.4 Å². The molecule has 0 aliphatic carbocycles. The number of methoxy groups -OCH3 is 3. The number of hydrogen-bond acceptors (Lipinski definition) is 5. The first-order valence-electron chi connectivity index (χ1n) is 5.80. The number of anilines is 1. The highest BCUT2D eigenvalue weighted by Gasteiger charge is 2.17. The Morgan fingerprint density at radius 1 is 1.15 bits per heavy atom. The monoisotopic (exact) mass is 277 g/mol. The van der Waals surface area contributed by atoms with E-state index in [0.29, 0.717) is 28.6 Å². The number of hydrogen-bond donors (Lipinski definition) is 2. The van der Waals surface area contributed by atoms with Crippen LogP contribution >= 0.6 is 0 Å². The Morgan fingerprint density at radius 3 is 2.25 bits per heavy atom. The second kappa shape index (κ2) is 5.96. The van der Waals surface area contributed by atoms with Crippen molar-refractivity contribution >= 4 is 11.7 Å². The van der Waals surface area contributed by atoms with Crippen LogP contribution in [0.25, 0.3) is 0 Å². The highest BCUT2D eigenvalue weighted by molar-refractivity contribution is 6.04. The number of rotatable bonds is 5. The summed E-state index contributed by atoms with van der Waals surface area (Å²) >= 11 is 0. The number of nitrogens with one attached hydrogen (secondary N) is 2. The molecule has 1 amide bonds. The zero-order valence-corrected chi connectivity index (χ0v) is 11.4. The van der Waals surface area contributed by atoms with Crippen LogP contribution in [0.1, 0.15) is 10.4 Å². The van der Waals surface area contributed by atoms with Crippen LogP contribution in [0.15, 0.2) is 24.4 Å². The summed E-state index contributed by atoms with van der Waals surface area (Å²) in [6.07, 6.45) is 1.55. The number of benzene rings is 1. The lowest BCUT2D eigenvalue weighted by molar-refractivity contribution is 0.102. The van der Waals surface area contributed by atoms with Crippen LogP contribution in [0.2, 0.25) is 0 Å². The SMILES string of the molecule is COc1cc(C(=O)Nc2ccn[nH]2)cc(OC)c1OC. The number of H-pyrrole nitrogens is 1. The molecule has 1 aromatic heterocycles. The van der Waals surface area contributed by atoms with E-state index in [0.717, 1.165) is 0 Å². The predicted molar refractivity (Wildman–Crippen MR) is 72.6 cm³/mol. The molecular formula is C13H15N3O4. The average Bonchev–Trinajstić information content (AvgIpc) is 2.98. The molecule has 0 atom stereocenters. The van der Waals surface area contributed by atoms with Crippen molar-refractivity contribution in [2.45, 2.75) is 0 Å². The molecule has 0 radical (unpaired) electrons. The second-order valence-corrected chi connectivity index (χ2v) is 3.84. The highest BCUT2D eigenvalue weighted by atomic mass is 16.5. The Labute approximate surface area is 115 Å². The van der Waals surface area contributed by atoms with E-state index in [4.69, 9.17) is 14.2 Å². The summed E-state index contributed by atoms with van der Waals surface area (Å²) in [5, 5.41) is 9.07. The Morgan fingerprint density at radius 2 is 1.80 bits per heavy atom. The molecule has 1 aromatic carbocycles. The van der Waals surface area contributed by atoms with Crippen molar-refractivity contribution in [3.8, 4) is 17.2 Å². The standard InChI is InChI=1S/C13H15N3O4/c1-18-9-6-8(7-10(19-2)12(9)20-3)13(17)15-11-4-5-14-16-11/h4-7H,1-3H3,(H2,14,15,16,17). The number of amides is 1. The molecule has 0 aliphatic rings. The lowest BCUT2D eigenvalue weighted by Crippen LogP contribution is -2.13. The molecule has 0 aliphatic heterocycles. The summed E-state index contributed by atoms with van der Waals surface area (Å²) < 4.78 is 15.6. The Balaban J connectivity index is 2.34. The number of nitrogens with zero attached hydrogens (tertiary/aromatic N) is 1. The summed E-state index contributed by atoms with van der Waals surface area (Å²) in [4.78, 5) is 12.1. The molecule has 1 heterocycles. The maximum atomic E-state index is 12.1. The third-order valence-corrected chi connectivity index (χ3v) is 2.68. The molecule has 0 unspecified atom stereocenters. The molecule has 0 bridgehead atoms. The van der Waals surface area contributed by atoms with Crippen LogP contribution in [0.5, 0.6) is 17.2 Å². The van der Waals surface area contributed by atoms with Gasteiger partial charge >= 0.3 is 0 Å². The fourth-order valence-electron chi connectivity index (χ4n) is 1.73. The molecule has 2 rings (SSSR count). The van der Waals surface area contributed by atoms with E-state index in [1.807, 2.05) is 0 Å². The van der Waals surface area contributed by atoms with E-state index in [1.54, 1.807) is 24.4 Å². The maximum absolute atomic E-state index is 12.1. The van der Waals surface area contributed by atoms with Crippen molar-refractivity contribution in [2.24, 2.45) is 0 Å². The van der Waals surface area contributed by atoms with E-state index in [2.05, 4.69) is 15.5 Å². The van der Waals surface area contributed by atoms with Gasteiger partial charge in [-0.1, -0.05) is 0 Å². The number of aromatic nitrogens is 2. The van der Waals surface area contributed by atoms with E-state index >= 15 is 0 Å². The van der Waals surface area contributed by atoms with Crippen molar-refractivity contribution < 1.29 is 19.0 Å². The van der Waals surface area contributed by atoms with E-state index < -0.39 is 0 Å². The first kappa shape index (κ1) is 13.7. The van der Waals surface area contributed by atoms with Gasteiger partial charge in [-0.2, -0.15) is 5.10 Å². The zero-order chi connectivity index (χ0) is 14.5. The van der Waals surface area contributed by atoms with E-state index in [9.17, 15) is 4.79 Å². The molecule has 0 fully saturated rings. The summed E-state index contributed by atoms with van der Waals surface area (Å²) in [6, 6.07) is 4.80. The van der Waals surface area contributed by atoms with Crippen molar-refractivity contribution in [3.05, 3.63) is 30.0 Å². The molecule has 20 heavy (non-hydrogen) atoms. The average molecular weight is 277 g/mol. The summed E-state index contributed by atoms with van der Waals surface area (Å²) in [5.74, 6) is 1.47. The second-order valence-electron chi connectivity index (χ2n) is 3.84. The largest absolute Gasteiger partial charge is 0.493 e. The van der Waals surface area contributed by atoms with Crippen molar-refractivity contribution in [3.63, 3.8) is 0 Å². The molecule has 0 saturated heterocycles. The zero-order valence-electron chi connectivity index (χ0n) is 11.4. The summed E-state index contributed by atoms with van der Waals surface area (Å²) in [6.45, 7) is 0. The van der Waals surface area contributed by atoms with Gasteiger partial charge in [0.2, 0.25) is 5.75 Å². The van der Waals surface area contributed by atoms with E-state index in [-0.39, 0.29) is 5.91 Å². The third-order valence-electron chi connectivity index (χ3n) is 2.68. The Kier molecular flexibility index (Phi) is 4.09. The molecule has 2 aromatic rings. The number of aromatic amines is 1. The molecule has 106 valence electrons. The normalized spacial score (nSPS) is 9.95. The molecule has 7 heteroatoms. The van der Waals surface area contributed by atoms with Crippen LogP contribution in [0, 0.1) is 0 Å². The first-order valence-corrected chi connectivity index (χ1v) is 5.80. The number of ether oxygens (including phenoxy) is 3. The molecule has 7 nitrogen and oxygen atoms in total. The van der Waals surface area contributed by atoms with Gasteiger partial charge < -0.3 is 19.5 Å². The predicted octanol–water partition coefficient (Wildman–Crippen LogP) is 1.69. The lowest BCUT2D eigenvalue weighted by atomic mass is 10.1. The van der Waals surface area contributed by atoms with Crippen LogP contribution in [0.3, 0.4) is 0 Å². The number of carbonyl (C=O) groups excluding carboxylic acids is 1. The van der Waals surface area contributed by atoms with Crippen molar-refractivity contribution in [1.29, 1.82) is 0 Å². The lowest BCUT2D eigenvalue weighted by Gasteiger charge is -2.13. The molecular weight excluding hydrogens is 262 g/mol. The molecule has 0 saturated carbocycles. The van der Waals surface area contributed by atoms with Gasteiger partial charge in [0.25, 0.3) is 5.91 Å². The summed E-state index contributed by atoms with van der Waals surface area (Å²) in [5.41, 5.74) is 0.383. The minimum absolute atomic E-state index is 0.312. The Hall–Kier alpha value is -2.70. The molecule has 0 spiro atoms. The van der Waals surface area contributed by atoms with Crippen LogP contribution in [0.4, 0.5) is 5.82 Å². The van der Waals surface area contributed by atoms with Gasteiger partial charge in [-0.3, -0.25) is 9.89 Å². The van der Waals surface area contributed by atoms with Gasteiger partial charge in [-0.25, -0.2) is 0 Å². The topological polar surface area (TPSA) is 85.5 Å². The van der Waals surface area contributed by atoms with Crippen LogP contribution < -0.4 is 19.5 Å². The first-order chi connectivity index (χ1) is 9.69. The molecule has 2 N–H and O–H groups in total. The Bertz CT molecular complexity index is 571. The quantitative estimate of drug-likeness (QED) is 0.868. The van der Waals surface area contributed by atoms with E-state index in [1.165, 1.54) is 21.3 Å². The minimum Gasteiger partial charge on any atom is -0.493 e. The fourth-order valence-corrected chi connectivity index (χ4v) is 1.73. The minimum atomic E-state index is -0.312. The van der Waals surface area contributed by atoms with Gasteiger partial charge in [-0.15, -0.1) is 0 Å². The van der Waals surface area contributed by atoms with Crippen molar-refractivity contribution in [2.75, 3.05) is 26.6 Å². The van der Waals surface area contributed by atoms with Gasteiger partial charge in [0.05, 0.1) is 27.5 Å². The van der Waals surface area contributed by atoms with Crippen molar-refractivity contribution in [1.82, 2.24) is 10.2 Å². The number of carbonyl (C=O) groups is 1. The maximum Gasteiger partial charge on any atom is 0.257 e. The smallest absolute Gasteiger partial charge is 0.257 e. The van der Waals surface area contributed by atoms with Gasteiger partial charge in [0.15, 0.2) is 11.5 Å². The summed E-state index contributed by atoms with van der Waals surface area (Å²) in [7, 11) is 4.49. The third kappa shape index (κ3) is 2.66.